The normalized spacial score (nSPS) is 11.1. The van der Waals surface area contributed by atoms with E-state index in [0.29, 0.717) is 35.3 Å². The molecule has 0 saturated heterocycles. The first kappa shape index (κ1) is 12.5. The van der Waals surface area contributed by atoms with Crippen molar-refractivity contribution in [2.24, 2.45) is 0 Å². The van der Waals surface area contributed by atoms with Crippen LogP contribution in [0.1, 0.15) is 11.4 Å². The maximum Gasteiger partial charge on any atom is 0.246 e. The van der Waals surface area contributed by atoms with E-state index >= 15 is 0 Å². The Morgan fingerprint density at radius 1 is 1.14 bits per heavy atom. The van der Waals surface area contributed by atoms with Gasteiger partial charge in [0.25, 0.3) is 0 Å². The number of nitrogens with two attached hydrogens (primary N) is 1. The average Bonchev–Trinajstić information content (AvgIpc) is 3.17. The maximum atomic E-state index is 5.97. The van der Waals surface area contributed by atoms with Crippen LogP contribution in [0.5, 0.6) is 0 Å². The van der Waals surface area contributed by atoms with Gasteiger partial charge in [-0.1, -0.05) is 30.3 Å². The van der Waals surface area contributed by atoms with Crippen molar-refractivity contribution >= 4 is 11.5 Å². The summed E-state index contributed by atoms with van der Waals surface area (Å²) >= 11 is 0. The minimum atomic E-state index is 0.294. The number of benzene rings is 1. The smallest absolute Gasteiger partial charge is 0.246 e. The highest BCUT2D eigenvalue weighted by molar-refractivity contribution is 5.63. The molecule has 7 heteroatoms. The van der Waals surface area contributed by atoms with Gasteiger partial charge in [-0.3, -0.25) is 0 Å². The molecule has 0 unspecified atom stereocenters. The molecule has 2 N–H and O–H groups in total. The number of hydrogen-bond donors (Lipinski definition) is 1. The van der Waals surface area contributed by atoms with Crippen LogP contribution < -0.4 is 5.73 Å². The van der Waals surface area contributed by atoms with Crippen molar-refractivity contribution in [3.05, 3.63) is 60.4 Å². The Morgan fingerprint density at radius 2 is 2.00 bits per heavy atom. The lowest BCUT2D eigenvalue weighted by Gasteiger charge is -1.98. The highest BCUT2D eigenvalue weighted by Gasteiger charge is 2.13. The Labute approximate surface area is 125 Å². The Kier molecular flexibility index (Phi) is 2.82. The van der Waals surface area contributed by atoms with Gasteiger partial charge in [0.05, 0.1) is 12.4 Å². The van der Waals surface area contributed by atoms with Gasteiger partial charge < -0.3 is 10.2 Å². The third kappa shape index (κ3) is 2.18. The molecular weight excluding hydrogens is 280 g/mol. The van der Waals surface area contributed by atoms with E-state index in [4.69, 9.17) is 10.2 Å². The van der Waals surface area contributed by atoms with Crippen molar-refractivity contribution in [2.75, 3.05) is 5.73 Å². The molecule has 0 fully saturated rings. The third-order valence-corrected chi connectivity index (χ3v) is 3.25. The molecule has 22 heavy (non-hydrogen) atoms. The van der Waals surface area contributed by atoms with Gasteiger partial charge in [0.2, 0.25) is 5.89 Å². The maximum absolute atomic E-state index is 5.97. The van der Waals surface area contributed by atoms with Gasteiger partial charge in [-0.25, -0.2) is 19.5 Å². The topological polar surface area (TPSA) is 95.1 Å². The zero-order chi connectivity index (χ0) is 14.9. The lowest BCUT2D eigenvalue weighted by atomic mass is 10.1. The van der Waals surface area contributed by atoms with Crippen LogP contribution in [-0.4, -0.2) is 24.6 Å². The second kappa shape index (κ2) is 4.96. The fourth-order valence-corrected chi connectivity index (χ4v) is 2.26. The van der Waals surface area contributed by atoms with E-state index < -0.39 is 0 Å². The highest BCUT2D eigenvalue weighted by atomic mass is 16.3. The molecular formula is C15H12N6O. The van der Waals surface area contributed by atoms with Crippen LogP contribution in [0.2, 0.25) is 0 Å². The first-order valence-corrected chi connectivity index (χ1v) is 6.75. The van der Waals surface area contributed by atoms with Crippen LogP contribution >= 0.6 is 0 Å². The Balaban J connectivity index is 1.76. The number of fused-ring (bicyclic) bond motifs is 1. The van der Waals surface area contributed by atoms with Gasteiger partial charge in [0.15, 0.2) is 17.3 Å². The number of hydrogen-bond acceptors (Lipinski definition) is 6. The van der Waals surface area contributed by atoms with Gasteiger partial charge in [0, 0.05) is 6.42 Å². The molecule has 0 radical (unpaired) electrons. The number of nitrogens with zero attached hydrogens (tertiary/aromatic N) is 5. The van der Waals surface area contributed by atoms with Gasteiger partial charge >= 0.3 is 0 Å². The summed E-state index contributed by atoms with van der Waals surface area (Å²) in [5.74, 6) is 1.38. The first-order chi connectivity index (χ1) is 10.8. The molecule has 1 aromatic carbocycles. The van der Waals surface area contributed by atoms with Gasteiger partial charge in [-0.15, -0.1) is 0 Å². The number of oxazole rings is 1. The van der Waals surface area contributed by atoms with Crippen molar-refractivity contribution in [1.82, 2.24) is 24.6 Å². The van der Waals surface area contributed by atoms with Crippen LogP contribution in [0.4, 0.5) is 5.82 Å². The lowest BCUT2D eigenvalue weighted by Crippen LogP contribution is -1.99. The van der Waals surface area contributed by atoms with E-state index in [1.165, 1.54) is 6.26 Å². The summed E-state index contributed by atoms with van der Waals surface area (Å²) in [4.78, 5) is 12.8. The molecule has 0 atom stereocenters. The molecule has 4 aromatic rings. The first-order valence-electron chi connectivity index (χ1n) is 6.75. The van der Waals surface area contributed by atoms with E-state index in [9.17, 15) is 0 Å². The fraction of sp³-hybridized carbons (Fsp3) is 0.0667. The summed E-state index contributed by atoms with van der Waals surface area (Å²) in [6.45, 7) is 0. The standard InChI is InChI=1S/C15H12N6O/c16-13-14-19-12(8-10-4-2-1-3-5-10)20-21(14)9-11(18-13)15-17-6-7-22-15/h1-7,9H,8H2,(H2,16,18). The summed E-state index contributed by atoms with van der Waals surface area (Å²) < 4.78 is 6.85. The highest BCUT2D eigenvalue weighted by Crippen LogP contribution is 2.19. The number of rotatable bonds is 3. The molecule has 3 heterocycles. The zero-order valence-corrected chi connectivity index (χ0v) is 11.5. The quantitative estimate of drug-likeness (QED) is 0.620. The number of aromatic nitrogens is 5. The molecule has 7 nitrogen and oxygen atoms in total. The van der Waals surface area contributed by atoms with Crippen molar-refractivity contribution < 1.29 is 4.42 Å². The summed E-state index contributed by atoms with van der Waals surface area (Å²) in [6.07, 6.45) is 5.38. The monoisotopic (exact) mass is 292 g/mol. The molecule has 0 saturated carbocycles. The molecule has 0 aliphatic carbocycles. The minimum absolute atomic E-state index is 0.294. The zero-order valence-electron chi connectivity index (χ0n) is 11.5. The predicted molar refractivity (Wildman–Crippen MR) is 79.9 cm³/mol. The molecule has 3 aromatic heterocycles. The van der Waals surface area contributed by atoms with Crippen LogP contribution in [0.15, 0.2) is 53.4 Å². The molecule has 108 valence electrons. The average molecular weight is 292 g/mol. The molecule has 0 bridgehead atoms. The van der Waals surface area contributed by atoms with Crippen LogP contribution in [0, 0.1) is 0 Å². The Bertz CT molecular complexity index is 914. The largest absolute Gasteiger partial charge is 0.443 e. The van der Waals surface area contributed by atoms with Crippen molar-refractivity contribution in [1.29, 1.82) is 0 Å². The summed E-state index contributed by atoms with van der Waals surface area (Å²) in [7, 11) is 0. The molecule has 4 rings (SSSR count). The summed E-state index contributed by atoms with van der Waals surface area (Å²) in [5, 5.41) is 4.46. The second-order valence-electron chi connectivity index (χ2n) is 4.81. The molecule has 0 spiro atoms. The summed E-state index contributed by atoms with van der Waals surface area (Å²) in [5.41, 5.74) is 8.15. The fourth-order valence-electron chi connectivity index (χ4n) is 2.26. The number of nitrogen functional groups attached to an aromatic ring is 1. The van der Waals surface area contributed by atoms with E-state index in [1.807, 2.05) is 30.3 Å². The van der Waals surface area contributed by atoms with E-state index in [2.05, 4.69) is 20.1 Å². The predicted octanol–water partition coefficient (Wildman–Crippen LogP) is 1.95. The van der Waals surface area contributed by atoms with E-state index in [-0.39, 0.29) is 0 Å². The lowest BCUT2D eigenvalue weighted by molar-refractivity contribution is 0.571. The molecule has 0 aliphatic rings. The van der Waals surface area contributed by atoms with Crippen LogP contribution in [0.3, 0.4) is 0 Å². The second-order valence-corrected chi connectivity index (χ2v) is 4.81. The van der Waals surface area contributed by atoms with Crippen LogP contribution in [0.25, 0.3) is 17.2 Å². The third-order valence-electron chi connectivity index (χ3n) is 3.25. The van der Waals surface area contributed by atoms with Gasteiger partial charge in [-0.05, 0) is 5.56 Å². The van der Waals surface area contributed by atoms with E-state index in [0.717, 1.165) is 5.56 Å². The summed E-state index contributed by atoms with van der Waals surface area (Å²) in [6, 6.07) is 10.0. The van der Waals surface area contributed by atoms with Crippen molar-refractivity contribution in [3.63, 3.8) is 0 Å². The van der Waals surface area contributed by atoms with E-state index in [1.54, 1.807) is 16.9 Å². The Morgan fingerprint density at radius 3 is 2.77 bits per heavy atom. The van der Waals surface area contributed by atoms with Crippen LogP contribution in [-0.2, 0) is 6.42 Å². The van der Waals surface area contributed by atoms with Crippen molar-refractivity contribution in [3.8, 4) is 11.6 Å². The van der Waals surface area contributed by atoms with Crippen molar-refractivity contribution in [2.45, 2.75) is 6.42 Å². The number of anilines is 1. The minimum Gasteiger partial charge on any atom is -0.443 e. The Hall–Kier alpha value is -3.22. The SMILES string of the molecule is Nc1nc(-c2ncco2)cn2nc(Cc3ccccc3)nc12. The molecule has 0 aliphatic heterocycles. The van der Waals surface area contributed by atoms with Gasteiger partial charge in [-0.2, -0.15) is 5.10 Å². The van der Waals surface area contributed by atoms with Gasteiger partial charge in [0.1, 0.15) is 12.0 Å². The molecule has 0 amide bonds.